The van der Waals surface area contributed by atoms with Gasteiger partial charge in [0.25, 0.3) is 5.91 Å². The van der Waals surface area contributed by atoms with Crippen LogP contribution in [-0.4, -0.2) is 60.7 Å². The van der Waals surface area contributed by atoms with Gasteiger partial charge in [-0.25, -0.2) is 4.79 Å². The molecule has 5 aromatic rings. The molecular weight excluding hydrogens is 514 g/mol. The molecule has 0 atom stereocenters. The number of rotatable bonds is 11. The van der Waals surface area contributed by atoms with E-state index in [-0.39, 0.29) is 11.6 Å². The Labute approximate surface area is 239 Å². The fourth-order valence-electron chi connectivity index (χ4n) is 5.24. The fourth-order valence-corrected chi connectivity index (χ4v) is 5.24. The molecule has 0 saturated heterocycles. The number of aromatic carboxylic acids is 1. The van der Waals surface area contributed by atoms with Crippen molar-refractivity contribution in [2.45, 2.75) is 19.8 Å². The van der Waals surface area contributed by atoms with E-state index in [1.54, 1.807) is 0 Å². The highest BCUT2D eigenvalue weighted by Crippen LogP contribution is 2.35. The molecule has 1 amide bonds. The van der Waals surface area contributed by atoms with Crippen LogP contribution in [0.4, 0.5) is 0 Å². The standard InChI is InChI=1S/C34H35N3O4/c1-22-16-17-24(33(38)35-18-19-37(2)3)21-29(22)28-13-7-12-26-27(32(34(39)40)36-31(26)28)14-8-20-41-30-15-6-10-23-9-4-5-11-25(23)30/h4-7,9-13,15-17,21,36H,8,14,18-20H2,1-3H3,(H,35,38)(H,39,40). The van der Waals surface area contributed by atoms with Crippen LogP contribution >= 0.6 is 0 Å². The molecule has 0 aliphatic rings. The number of nitrogens with zero attached hydrogens (tertiary/aromatic N) is 1. The maximum Gasteiger partial charge on any atom is 0.352 e. The summed E-state index contributed by atoms with van der Waals surface area (Å²) in [7, 11) is 3.93. The van der Waals surface area contributed by atoms with Gasteiger partial charge < -0.3 is 25.0 Å². The van der Waals surface area contributed by atoms with Crippen molar-refractivity contribution < 1.29 is 19.4 Å². The molecule has 0 radical (unpaired) electrons. The Morgan fingerprint density at radius 3 is 2.49 bits per heavy atom. The van der Waals surface area contributed by atoms with E-state index in [2.05, 4.69) is 22.4 Å². The summed E-state index contributed by atoms with van der Waals surface area (Å²) in [6.07, 6.45) is 1.20. The molecule has 1 heterocycles. The van der Waals surface area contributed by atoms with Crippen LogP contribution in [0.1, 0.15) is 38.4 Å². The molecule has 0 aliphatic heterocycles. The molecule has 5 rings (SSSR count). The molecule has 7 nitrogen and oxygen atoms in total. The van der Waals surface area contributed by atoms with Gasteiger partial charge in [0.1, 0.15) is 11.4 Å². The number of carboxylic acids is 1. The van der Waals surface area contributed by atoms with Crippen molar-refractivity contribution in [1.29, 1.82) is 0 Å². The number of benzene rings is 4. The highest BCUT2D eigenvalue weighted by molar-refractivity contribution is 6.04. The van der Waals surface area contributed by atoms with Crippen LogP contribution in [0.2, 0.25) is 0 Å². The second kappa shape index (κ2) is 12.3. The summed E-state index contributed by atoms with van der Waals surface area (Å²) in [5.74, 6) is -0.309. The van der Waals surface area contributed by atoms with E-state index in [1.807, 2.05) is 92.6 Å². The van der Waals surface area contributed by atoms with E-state index in [1.165, 1.54) is 0 Å². The average Bonchev–Trinajstić information content (AvgIpc) is 3.34. The lowest BCUT2D eigenvalue weighted by atomic mass is 9.95. The van der Waals surface area contributed by atoms with Gasteiger partial charge >= 0.3 is 5.97 Å². The van der Waals surface area contributed by atoms with E-state index >= 15 is 0 Å². The number of aryl methyl sites for hydroxylation is 2. The van der Waals surface area contributed by atoms with Gasteiger partial charge in [-0.2, -0.15) is 0 Å². The predicted molar refractivity (Wildman–Crippen MR) is 164 cm³/mol. The molecule has 0 aliphatic carbocycles. The van der Waals surface area contributed by atoms with E-state index in [9.17, 15) is 14.7 Å². The maximum atomic E-state index is 12.8. The van der Waals surface area contributed by atoms with Gasteiger partial charge in [-0.3, -0.25) is 4.79 Å². The molecule has 41 heavy (non-hydrogen) atoms. The lowest BCUT2D eigenvalue weighted by molar-refractivity contribution is 0.0690. The molecule has 1 aromatic heterocycles. The number of ether oxygens (including phenoxy) is 1. The molecule has 0 saturated carbocycles. The van der Waals surface area contributed by atoms with Gasteiger partial charge in [0.05, 0.1) is 12.1 Å². The zero-order chi connectivity index (χ0) is 28.9. The van der Waals surface area contributed by atoms with Crippen molar-refractivity contribution in [3.05, 3.63) is 101 Å². The number of likely N-dealkylation sites (N-methyl/N-ethyl adjacent to an activating group) is 1. The lowest BCUT2D eigenvalue weighted by Crippen LogP contribution is -2.31. The average molecular weight is 550 g/mol. The fraction of sp³-hybridized carbons (Fsp3) is 0.235. The van der Waals surface area contributed by atoms with Crippen LogP contribution in [0.15, 0.2) is 78.9 Å². The zero-order valence-electron chi connectivity index (χ0n) is 23.7. The Bertz CT molecular complexity index is 1720. The van der Waals surface area contributed by atoms with Gasteiger partial charge in [-0.15, -0.1) is 0 Å². The molecular formula is C34H35N3O4. The highest BCUT2D eigenvalue weighted by atomic mass is 16.5. The number of hydrogen-bond donors (Lipinski definition) is 3. The summed E-state index contributed by atoms with van der Waals surface area (Å²) in [5.41, 5.74) is 5.02. The normalized spacial score (nSPS) is 11.3. The molecule has 3 N–H and O–H groups in total. The van der Waals surface area contributed by atoms with Gasteiger partial charge in [-0.1, -0.05) is 60.7 Å². The van der Waals surface area contributed by atoms with E-state index in [0.717, 1.165) is 56.2 Å². The summed E-state index contributed by atoms with van der Waals surface area (Å²) in [6, 6.07) is 25.6. The quantitative estimate of drug-likeness (QED) is 0.168. The van der Waals surface area contributed by atoms with Crippen LogP contribution < -0.4 is 10.1 Å². The van der Waals surface area contributed by atoms with E-state index < -0.39 is 5.97 Å². The number of fused-ring (bicyclic) bond motifs is 2. The Hall–Kier alpha value is -4.62. The number of amides is 1. The minimum absolute atomic E-state index is 0.134. The Morgan fingerprint density at radius 1 is 0.927 bits per heavy atom. The Morgan fingerprint density at radius 2 is 1.68 bits per heavy atom. The third kappa shape index (κ3) is 6.10. The van der Waals surface area contributed by atoms with Crippen LogP contribution in [0.5, 0.6) is 5.75 Å². The monoisotopic (exact) mass is 549 g/mol. The van der Waals surface area contributed by atoms with Crippen molar-refractivity contribution in [2.24, 2.45) is 0 Å². The first-order valence-corrected chi connectivity index (χ1v) is 13.8. The van der Waals surface area contributed by atoms with Crippen LogP contribution in [0, 0.1) is 6.92 Å². The van der Waals surface area contributed by atoms with Crippen LogP contribution in [0.3, 0.4) is 0 Å². The first-order valence-electron chi connectivity index (χ1n) is 13.8. The second-order valence-electron chi connectivity index (χ2n) is 10.5. The molecule has 210 valence electrons. The second-order valence-corrected chi connectivity index (χ2v) is 10.5. The summed E-state index contributed by atoms with van der Waals surface area (Å²) in [4.78, 5) is 30.3. The minimum Gasteiger partial charge on any atom is -0.493 e. The first kappa shape index (κ1) is 27.9. The van der Waals surface area contributed by atoms with Gasteiger partial charge in [-0.05, 0) is 74.1 Å². The molecule has 4 aromatic carbocycles. The zero-order valence-corrected chi connectivity index (χ0v) is 23.7. The third-order valence-electron chi connectivity index (χ3n) is 7.37. The highest BCUT2D eigenvalue weighted by Gasteiger charge is 2.20. The number of hydrogen-bond acceptors (Lipinski definition) is 4. The molecule has 7 heteroatoms. The number of para-hydroxylation sites is 1. The van der Waals surface area contributed by atoms with Crippen LogP contribution in [-0.2, 0) is 6.42 Å². The van der Waals surface area contributed by atoms with Crippen molar-refractivity contribution in [1.82, 2.24) is 15.2 Å². The smallest absolute Gasteiger partial charge is 0.352 e. The van der Waals surface area contributed by atoms with E-state index in [0.29, 0.717) is 31.6 Å². The Balaban J connectivity index is 1.40. The number of carbonyl (C=O) groups excluding carboxylic acids is 1. The van der Waals surface area contributed by atoms with Crippen LogP contribution in [0.25, 0.3) is 32.8 Å². The molecule has 0 bridgehead atoms. The number of aromatic nitrogens is 1. The SMILES string of the molecule is Cc1ccc(C(=O)NCCN(C)C)cc1-c1cccc2c(CCCOc3cccc4ccccc34)c(C(=O)O)[nH]c12. The number of aromatic amines is 1. The number of carbonyl (C=O) groups is 2. The van der Waals surface area contributed by atoms with Crippen molar-refractivity contribution in [3.8, 4) is 16.9 Å². The maximum absolute atomic E-state index is 12.8. The van der Waals surface area contributed by atoms with Gasteiger partial charge in [0.2, 0.25) is 0 Å². The summed E-state index contributed by atoms with van der Waals surface area (Å²) < 4.78 is 6.12. The van der Waals surface area contributed by atoms with Gasteiger partial charge in [0, 0.05) is 35.0 Å². The van der Waals surface area contributed by atoms with Crippen molar-refractivity contribution >= 4 is 33.6 Å². The largest absolute Gasteiger partial charge is 0.493 e. The predicted octanol–water partition coefficient (Wildman–Crippen LogP) is 6.30. The topological polar surface area (TPSA) is 94.7 Å². The van der Waals surface area contributed by atoms with Crippen molar-refractivity contribution in [3.63, 3.8) is 0 Å². The number of nitrogens with one attached hydrogen (secondary N) is 2. The number of carboxylic acid groups (broad SMARTS) is 1. The third-order valence-corrected chi connectivity index (χ3v) is 7.37. The van der Waals surface area contributed by atoms with E-state index in [4.69, 9.17) is 4.74 Å². The molecule has 0 unspecified atom stereocenters. The first-order chi connectivity index (χ1) is 19.8. The summed E-state index contributed by atoms with van der Waals surface area (Å²) in [5, 5.41) is 16.1. The van der Waals surface area contributed by atoms with Crippen molar-refractivity contribution in [2.75, 3.05) is 33.8 Å². The summed E-state index contributed by atoms with van der Waals surface area (Å²) in [6.45, 7) is 3.76. The number of H-pyrrole nitrogens is 1. The summed E-state index contributed by atoms with van der Waals surface area (Å²) >= 11 is 0. The minimum atomic E-state index is -0.997. The van der Waals surface area contributed by atoms with Gasteiger partial charge in [0.15, 0.2) is 0 Å². The molecule has 0 fully saturated rings. The molecule has 0 spiro atoms. The Kier molecular flexibility index (Phi) is 8.36. The lowest BCUT2D eigenvalue weighted by Gasteiger charge is -2.13.